The summed E-state index contributed by atoms with van der Waals surface area (Å²) in [5.74, 6) is 0. The largest absolute Gasteiger partial charge is 0.336 e. The van der Waals surface area contributed by atoms with Crippen LogP contribution >= 0.6 is 11.6 Å². The van der Waals surface area contributed by atoms with Crippen LogP contribution in [0.2, 0.25) is 5.02 Å². The molecule has 5 nitrogen and oxygen atoms in total. The molecule has 1 rings (SSSR count). The Balaban J connectivity index is 2.96. The Morgan fingerprint density at radius 2 is 1.80 bits per heavy atom. The number of carbonyl (C=O) groups excluding carboxylic acids is 1. The Morgan fingerprint density at radius 3 is 2.27 bits per heavy atom. The lowest BCUT2D eigenvalue weighted by Gasteiger charge is -2.05. The maximum absolute atomic E-state index is 11.5. The Morgan fingerprint density at radius 1 is 1.27 bits per heavy atom. The zero-order chi connectivity index (χ0) is 11.5. The topological polar surface area (TPSA) is 75.3 Å². The summed E-state index contributed by atoms with van der Waals surface area (Å²) in [5.41, 5.74) is 0. The molecule has 0 aliphatic heterocycles. The quantitative estimate of drug-likeness (QED) is 0.822. The van der Waals surface area contributed by atoms with Crippen LogP contribution in [-0.2, 0) is 10.0 Å². The number of halogens is 1. The van der Waals surface area contributed by atoms with Crippen molar-refractivity contribution in [2.24, 2.45) is 0 Å². The molecule has 1 aromatic rings. The van der Waals surface area contributed by atoms with Crippen molar-refractivity contribution in [2.45, 2.75) is 4.90 Å². The molecule has 0 atom stereocenters. The summed E-state index contributed by atoms with van der Waals surface area (Å²) in [6.07, 6.45) is 0. The molecule has 1 aromatic carbocycles. The highest BCUT2D eigenvalue weighted by Crippen LogP contribution is 2.13. The first-order valence-corrected chi connectivity index (χ1v) is 5.67. The van der Waals surface area contributed by atoms with Gasteiger partial charge in [-0.05, 0) is 24.3 Å². The SMILES string of the molecule is [CH2]NC(=O)NS(=O)(=O)c1ccc(Cl)cc1. The third-order valence-corrected chi connectivity index (χ3v) is 3.11. The Bertz CT molecular complexity index is 455. The van der Waals surface area contributed by atoms with Crippen LogP contribution < -0.4 is 10.0 Å². The molecule has 0 unspecified atom stereocenters. The Labute approximate surface area is 92.5 Å². The van der Waals surface area contributed by atoms with E-state index in [1.165, 1.54) is 24.3 Å². The van der Waals surface area contributed by atoms with E-state index in [0.717, 1.165) is 0 Å². The number of rotatable bonds is 2. The van der Waals surface area contributed by atoms with Gasteiger partial charge in [-0.15, -0.1) is 0 Å². The molecule has 0 aliphatic rings. The monoisotopic (exact) mass is 247 g/mol. The first kappa shape index (κ1) is 11.8. The zero-order valence-corrected chi connectivity index (χ0v) is 9.10. The number of hydrogen-bond acceptors (Lipinski definition) is 3. The third-order valence-electron chi connectivity index (χ3n) is 1.51. The van der Waals surface area contributed by atoms with Gasteiger partial charge in [-0.1, -0.05) is 11.6 Å². The summed E-state index contributed by atoms with van der Waals surface area (Å²) in [4.78, 5) is 10.7. The molecular formula is C8H8ClN2O3S. The van der Waals surface area contributed by atoms with Crippen molar-refractivity contribution in [2.75, 3.05) is 0 Å². The van der Waals surface area contributed by atoms with Crippen LogP contribution in [0.25, 0.3) is 0 Å². The van der Waals surface area contributed by atoms with Gasteiger partial charge in [0.05, 0.1) is 4.90 Å². The van der Waals surface area contributed by atoms with Gasteiger partial charge in [0, 0.05) is 12.1 Å². The van der Waals surface area contributed by atoms with Gasteiger partial charge in [-0.25, -0.2) is 17.9 Å². The summed E-state index contributed by atoms with van der Waals surface area (Å²) in [5, 5.41) is 2.31. The summed E-state index contributed by atoms with van der Waals surface area (Å²) < 4.78 is 24.7. The van der Waals surface area contributed by atoms with E-state index < -0.39 is 16.1 Å². The van der Waals surface area contributed by atoms with Gasteiger partial charge >= 0.3 is 6.03 Å². The van der Waals surface area contributed by atoms with Crippen LogP contribution in [0.3, 0.4) is 0 Å². The maximum atomic E-state index is 11.5. The molecule has 0 saturated carbocycles. The van der Waals surface area contributed by atoms with Crippen molar-refractivity contribution >= 4 is 27.7 Å². The minimum absolute atomic E-state index is 0.0458. The fourth-order valence-corrected chi connectivity index (χ4v) is 1.89. The van der Waals surface area contributed by atoms with E-state index in [2.05, 4.69) is 7.05 Å². The zero-order valence-electron chi connectivity index (χ0n) is 7.53. The predicted molar refractivity (Wildman–Crippen MR) is 55.7 cm³/mol. The second-order valence-electron chi connectivity index (χ2n) is 2.57. The Hall–Kier alpha value is -1.27. The molecule has 0 heterocycles. The standard InChI is InChI=1S/C8H8ClN2O3S/c1-10-8(12)11-15(13,14)7-4-2-6(9)3-5-7/h2-5H,1H2,(H2,10,11,12). The molecule has 0 aromatic heterocycles. The highest BCUT2D eigenvalue weighted by atomic mass is 35.5. The smallest absolute Gasteiger partial charge is 0.328 e. The molecule has 15 heavy (non-hydrogen) atoms. The van der Waals surface area contributed by atoms with E-state index in [-0.39, 0.29) is 4.90 Å². The highest BCUT2D eigenvalue weighted by Gasteiger charge is 2.16. The third kappa shape index (κ3) is 3.10. The normalized spacial score (nSPS) is 10.8. The van der Waals surface area contributed by atoms with Crippen molar-refractivity contribution < 1.29 is 13.2 Å². The van der Waals surface area contributed by atoms with Crippen LogP contribution in [0.4, 0.5) is 4.79 Å². The number of nitrogens with one attached hydrogen (secondary N) is 2. The number of sulfonamides is 1. The van der Waals surface area contributed by atoms with E-state index >= 15 is 0 Å². The minimum Gasteiger partial charge on any atom is -0.336 e. The number of benzene rings is 1. The first-order chi connectivity index (χ1) is 6.95. The van der Waals surface area contributed by atoms with E-state index in [0.29, 0.717) is 5.02 Å². The van der Waals surface area contributed by atoms with Gasteiger partial charge in [0.1, 0.15) is 0 Å². The van der Waals surface area contributed by atoms with Crippen LogP contribution in [0.15, 0.2) is 29.2 Å². The number of carbonyl (C=O) groups is 1. The summed E-state index contributed by atoms with van der Waals surface area (Å²) in [7, 11) is -0.819. The molecule has 0 aliphatic carbocycles. The minimum atomic E-state index is -3.85. The highest BCUT2D eigenvalue weighted by molar-refractivity contribution is 7.90. The van der Waals surface area contributed by atoms with Crippen molar-refractivity contribution in [3.8, 4) is 0 Å². The molecule has 2 N–H and O–H groups in total. The first-order valence-electron chi connectivity index (χ1n) is 3.81. The lowest BCUT2D eigenvalue weighted by molar-refractivity contribution is 0.249. The summed E-state index contributed by atoms with van der Waals surface area (Å²) in [6, 6.07) is 4.52. The molecule has 0 spiro atoms. The van der Waals surface area contributed by atoms with Crippen LogP contribution in [0.1, 0.15) is 0 Å². The van der Waals surface area contributed by atoms with Crippen LogP contribution in [0, 0.1) is 7.05 Å². The summed E-state index contributed by atoms with van der Waals surface area (Å²) >= 11 is 5.59. The van der Waals surface area contributed by atoms with Gasteiger partial charge in [0.25, 0.3) is 10.0 Å². The molecule has 2 amide bonds. The lowest BCUT2D eigenvalue weighted by Crippen LogP contribution is -2.36. The van der Waals surface area contributed by atoms with Gasteiger partial charge in [-0.3, -0.25) is 0 Å². The van der Waals surface area contributed by atoms with Crippen LogP contribution in [0.5, 0.6) is 0 Å². The van der Waals surface area contributed by atoms with E-state index in [4.69, 9.17) is 11.6 Å². The summed E-state index contributed by atoms with van der Waals surface area (Å²) in [6.45, 7) is 0. The van der Waals surface area contributed by atoms with Gasteiger partial charge in [-0.2, -0.15) is 0 Å². The van der Waals surface area contributed by atoms with E-state index in [9.17, 15) is 13.2 Å². The van der Waals surface area contributed by atoms with Gasteiger partial charge in [0.15, 0.2) is 0 Å². The van der Waals surface area contributed by atoms with E-state index in [1.54, 1.807) is 4.72 Å². The number of urea groups is 1. The Kier molecular flexibility index (Phi) is 3.54. The average molecular weight is 248 g/mol. The molecule has 7 heteroatoms. The molecule has 81 valence electrons. The average Bonchev–Trinajstić information content (AvgIpc) is 2.17. The second-order valence-corrected chi connectivity index (χ2v) is 4.68. The van der Waals surface area contributed by atoms with Crippen molar-refractivity contribution in [1.82, 2.24) is 10.0 Å². The van der Waals surface area contributed by atoms with E-state index in [1.807, 2.05) is 5.32 Å². The molecule has 0 fully saturated rings. The maximum Gasteiger partial charge on any atom is 0.328 e. The molecule has 0 saturated heterocycles. The number of hydrogen-bond donors (Lipinski definition) is 2. The number of amides is 2. The fraction of sp³-hybridized carbons (Fsp3) is 0. The van der Waals surface area contributed by atoms with Gasteiger partial charge in [0.2, 0.25) is 0 Å². The molecule has 0 bridgehead atoms. The van der Waals surface area contributed by atoms with Crippen molar-refractivity contribution in [3.63, 3.8) is 0 Å². The van der Waals surface area contributed by atoms with Gasteiger partial charge < -0.3 is 5.32 Å². The fourth-order valence-electron chi connectivity index (χ4n) is 0.831. The van der Waals surface area contributed by atoms with Crippen molar-refractivity contribution in [3.05, 3.63) is 36.3 Å². The molecular weight excluding hydrogens is 240 g/mol. The van der Waals surface area contributed by atoms with Crippen molar-refractivity contribution in [1.29, 1.82) is 0 Å². The molecule has 1 radical (unpaired) electrons. The lowest BCUT2D eigenvalue weighted by atomic mass is 10.4. The van der Waals surface area contributed by atoms with Crippen LogP contribution in [-0.4, -0.2) is 14.4 Å². The predicted octanol–water partition coefficient (Wildman–Crippen LogP) is 1.12. The second kappa shape index (κ2) is 4.50.